The molecule has 0 bridgehead atoms. The van der Waals surface area contributed by atoms with Gasteiger partial charge in [0.2, 0.25) is 5.91 Å². The molecule has 3 nitrogen and oxygen atoms in total. The maximum atomic E-state index is 13.0. The summed E-state index contributed by atoms with van der Waals surface area (Å²) in [5, 5.41) is 3.95. The predicted molar refractivity (Wildman–Crippen MR) is 118 cm³/mol. The van der Waals surface area contributed by atoms with Gasteiger partial charge in [-0.05, 0) is 42.8 Å². The molecule has 0 radical (unpaired) electrons. The van der Waals surface area contributed by atoms with Crippen LogP contribution in [0.5, 0.6) is 0 Å². The fraction of sp³-hybridized carbons (Fsp3) is 0.125. The molecular formula is C24H21FN2OS. The number of anilines is 1. The SMILES string of the molecule is Cc1cccc(Cn2cc(SCC(=O)Nc3ccc(F)cc3)c3ccccc32)c1. The van der Waals surface area contributed by atoms with Crippen molar-refractivity contribution in [3.63, 3.8) is 0 Å². The molecule has 1 heterocycles. The van der Waals surface area contributed by atoms with Gasteiger partial charge >= 0.3 is 0 Å². The lowest BCUT2D eigenvalue weighted by Crippen LogP contribution is -2.13. The fourth-order valence-corrected chi connectivity index (χ4v) is 4.23. The van der Waals surface area contributed by atoms with E-state index in [1.165, 1.54) is 35.0 Å². The fourth-order valence-electron chi connectivity index (χ4n) is 3.34. The van der Waals surface area contributed by atoms with E-state index in [1.807, 2.05) is 12.1 Å². The monoisotopic (exact) mass is 404 g/mol. The van der Waals surface area contributed by atoms with Crippen LogP contribution in [-0.4, -0.2) is 16.2 Å². The number of nitrogens with zero attached hydrogens (tertiary/aromatic N) is 1. The van der Waals surface area contributed by atoms with Crippen molar-refractivity contribution >= 4 is 34.3 Å². The van der Waals surface area contributed by atoms with Crippen LogP contribution in [0.25, 0.3) is 10.9 Å². The Kier molecular flexibility index (Phi) is 5.67. The Morgan fingerprint density at radius 3 is 2.62 bits per heavy atom. The van der Waals surface area contributed by atoms with E-state index in [9.17, 15) is 9.18 Å². The molecule has 146 valence electrons. The zero-order valence-corrected chi connectivity index (χ0v) is 16.9. The number of aromatic nitrogens is 1. The molecule has 0 atom stereocenters. The number of carbonyl (C=O) groups excluding carboxylic acids is 1. The molecule has 0 fully saturated rings. The van der Waals surface area contributed by atoms with Crippen LogP contribution in [0.3, 0.4) is 0 Å². The van der Waals surface area contributed by atoms with Gasteiger partial charge in [-0.1, -0.05) is 48.0 Å². The quantitative estimate of drug-likeness (QED) is 0.408. The van der Waals surface area contributed by atoms with Gasteiger partial charge in [-0.3, -0.25) is 4.79 Å². The van der Waals surface area contributed by atoms with Crippen LogP contribution >= 0.6 is 11.8 Å². The summed E-state index contributed by atoms with van der Waals surface area (Å²) < 4.78 is 15.2. The van der Waals surface area contributed by atoms with Crippen molar-refractivity contribution in [2.24, 2.45) is 0 Å². The molecule has 1 N–H and O–H groups in total. The Morgan fingerprint density at radius 1 is 1.03 bits per heavy atom. The number of amides is 1. The standard InChI is InChI=1S/C24H21FN2OS/c1-17-5-4-6-18(13-17)14-27-15-23(21-7-2-3-8-22(21)27)29-16-24(28)26-20-11-9-19(25)10-12-20/h2-13,15H,14,16H2,1H3,(H,26,28). The molecule has 3 aromatic carbocycles. The molecular weight excluding hydrogens is 383 g/mol. The largest absolute Gasteiger partial charge is 0.342 e. The summed E-state index contributed by atoms with van der Waals surface area (Å²) in [6, 6.07) is 22.5. The summed E-state index contributed by atoms with van der Waals surface area (Å²) in [7, 11) is 0. The lowest BCUT2D eigenvalue weighted by atomic mass is 10.1. The van der Waals surface area contributed by atoms with Crippen LogP contribution in [-0.2, 0) is 11.3 Å². The summed E-state index contributed by atoms with van der Waals surface area (Å²) in [5.74, 6) is -0.147. The van der Waals surface area contributed by atoms with Crippen molar-refractivity contribution in [3.05, 3.63) is 95.9 Å². The number of halogens is 1. The predicted octanol–water partition coefficient (Wildman–Crippen LogP) is 5.87. The summed E-state index contributed by atoms with van der Waals surface area (Å²) in [5.41, 5.74) is 4.23. The number of thioether (sulfide) groups is 1. The van der Waals surface area contributed by atoms with Crippen LogP contribution in [0.2, 0.25) is 0 Å². The smallest absolute Gasteiger partial charge is 0.234 e. The summed E-state index contributed by atoms with van der Waals surface area (Å²) in [4.78, 5) is 13.4. The molecule has 4 rings (SSSR count). The van der Waals surface area contributed by atoms with Crippen LogP contribution in [0.15, 0.2) is 83.9 Å². The molecule has 0 aliphatic heterocycles. The third-order valence-electron chi connectivity index (χ3n) is 4.67. The molecule has 0 aliphatic carbocycles. The topological polar surface area (TPSA) is 34.0 Å². The minimum absolute atomic E-state index is 0.114. The second-order valence-corrected chi connectivity index (χ2v) is 7.99. The number of aryl methyl sites for hydroxylation is 1. The van der Waals surface area contributed by atoms with Crippen molar-refractivity contribution < 1.29 is 9.18 Å². The molecule has 0 unspecified atom stereocenters. The average molecular weight is 405 g/mol. The number of nitrogens with one attached hydrogen (secondary N) is 1. The van der Waals surface area contributed by atoms with E-state index >= 15 is 0 Å². The molecule has 0 saturated heterocycles. The lowest BCUT2D eigenvalue weighted by Gasteiger charge is -2.06. The van der Waals surface area contributed by atoms with Crippen molar-refractivity contribution in [1.29, 1.82) is 0 Å². The number of hydrogen-bond acceptors (Lipinski definition) is 2. The lowest BCUT2D eigenvalue weighted by molar-refractivity contribution is -0.113. The van der Waals surface area contributed by atoms with Gasteiger partial charge in [0.25, 0.3) is 0 Å². The molecule has 0 spiro atoms. The third kappa shape index (κ3) is 4.69. The Hall–Kier alpha value is -3.05. The molecule has 29 heavy (non-hydrogen) atoms. The van der Waals surface area contributed by atoms with E-state index in [0.717, 1.165) is 22.3 Å². The van der Waals surface area contributed by atoms with Gasteiger partial charge in [0, 0.05) is 34.2 Å². The minimum atomic E-state index is -0.321. The zero-order chi connectivity index (χ0) is 20.2. The van der Waals surface area contributed by atoms with Crippen LogP contribution in [0, 0.1) is 12.7 Å². The highest BCUT2D eigenvalue weighted by atomic mass is 32.2. The molecule has 4 aromatic rings. The Bertz CT molecular complexity index is 1150. The minimum Gasteiger partial charge on any atom is -0.342 e. The van der Waals surface area contributed by atoms with Crippen LogP contribution in [0.4, 0.5) is 10.1 Å². The van der Waals surface area contributed by atoms with Gasteiger partial charge in [-0.2, -0.15) is 0 Å². The maximum absolute atomic E-state index is 13.0. The van der Waals surface area contributed by atoms with E-state index in [4.69, 9.17) is 0 Å². The molecule has 0 aliphatic rings. The second-order valence-electron chi connectivity index (χ2n) is 6.97. The highest BCUT2D eigenvalue weighted by Crippen LogP contribution is 2.30. The first-order chi connectivity index (χ1) is 14.1. The summed E-state index contributed by atoms with van der Waals surface area (Å²) in [6.07, 6.45) is 2.11. The van der Waals surface area contributed by atoms with Gasteiger partial charge in [-0.25, -0.2) is 4.39 Å². The first-order valence-corrected chi connectivity index (χ1v) is 10.4. The number of rotatable bonds is 6. The number of benzene rings is 3. The van der Waals surface area contributed by atoms with Gasteiger partial charge in [0.05, 0.1) is 5.75 Å². The van der Waals surface area contributed by atoms with E-state index < -0.39 is 0 Å². The Labute approximate surface area is 173 Å². The third-order valence-corrected chi connectivity index (χ3v) is 5.72. The van der Waals surface area contributed by atoms with E-state index in [-0.39, 0.29) is 17.5 Å². The van der Waals surface area contributed by atoms with Crippen molar-refractivity contribution in [2.45, 2.75) is 18.4 Å². The Balaban J connectivity index is 1.50. The first-order valence-electron chi connectivity index (χ1n) is 9.40. The number of para-hydroxylation sites is 1. The highest BCUT2D eigenvalue weighted by Gasteiger charge is 2.11. The molecule has 1 amide bonds. The van der Waals surface area contributed by atoms with Gasteiger partial charge in [0.1, 0.15) is 5.82 Å². The zero-order valence-electron chi connectivity index (χ0n) is 16.1. The van der Waals surface area contributed by atoms with Crippen LogP contribution in [0.1, 0.15) is 11.1 Å². The number of hydrogen-bond donors (Lipinski definition) is 1. The van der Waals surface area contributed by atoms with Crippen molar-refractivity contribution in [3.8, 4) is 0 Å². The van der Waals surface area contributed by atoms with Crippen molar-refractivity contribution in [1.82, 2.24) is 4.57 Å². The average Bonchev–Trinajstić information content (AvgIpc) is 3.06. The van der Waals surface area contributed by atoms with Gasteiger partial charge in [-0.15, -0.1) is 11.8 Å². The molecule has 5 heteroatoms. The van der Waals surface area contributed by atoms with E-state index in [2.05, 4.69) is 59.4 Å². The molecule has 1 aromatic heterocycles. The molecule has 0 saturated carbocycles. The van der Waals surface area contributed by atoms with E-state index in [0.29, 0.717) is 5.69 Å². The van der Waals surface area contributed by atoms with Crippen molar-refractivity contribution in [2.75, 3.05) is 11.1 Å². The first kappa shape index (κ1) is 19.3. The highest BCUT2D eigenvalue weighted by molar-refractivity contribution is 8.00. The normalized spacial score (nSPS) is 11.0. The Morgan fingerprint density at radius 2 is 1.83 bits per heavy atom. The van der Waals surface area contributed by atoms with Gasteiger partial charge in [0.15, 0.2) is 0 Å². The van der Waals surface area contributed by atoms with Gasteiger partial charge < -0.3 is 9.88 Å². The number of fused-ring (bicyclic) bond motifs is 1. The maximum Gasteiger partial charge on any atom is 0.234 e. The summed E-state index contributed by atoms with van der Waals surface area (Å²) in [6.45, 7) is 2.88. The second kappa shape index (κ2) is 8.53. The summed E-state index contributed by atoms with van der Waals surface area (Å²) >= 11 is 1.51. The van der Waals surface area contributed by atoms with E-state index in [1.54, 1.807) is 12.1 Å². The van der Waals surface area contributed by atoms with Crippen LogP contribution < -0.4 is 5.32 Å². The number of carbonyl (C=O) groups is 1.